The molecule has 2 unspecified atom stereocenters. The van der Waals surface area contributed by atoms with Crippen LogP contribution in [0, 0.1) is 0 Å². The monoisotopic (exact) mass is 293 g/mol. The lowest BCUT2D eigenvalue weighted by atomic mass is 10.0. The number of carbonyl (C=O) groups is 2. The van der Waals surface area contributed by atoms with E-state index in [1.807, 2.05) is 13.0 Å². The Labute approximate surface area is 125 Å². The molecule has 0 heterocycles. The molecule has 5 nitrogen and oxygen atoms in total. The Balaban J connectivity index is 2.74. The van der Waals surface area contributed by atoms with Crippen molar-refractivity contribution in [3.05, 3.63) is 29.8 Å². The zero-order valence-electron chi connectivity index (χ0n) is 12.8. The Bertz CT molecular complexity index is 487. The van der Waals surface area contributed by atoms with Gasteiger partial charge in [-0.25, -0.2) is 4.79 Å². The maximum Gasteiger partial charge on any atom is 0.347 e. The van der Waals surface area contributed by atoms with Crippen LogP contribution in [0.15, 0.2) is 24.3 Å². The minimum absolute atomic E-state index is 0.265. The van der Waals surface area contributed by atoms with E-state index in [-0.39, 0.29) is 6.61 Å². The Morgan fingerprint density at radius 3 is 2.52 bits per heavy atom. The number of esters is 2. The van der Waals surface area contributed by atoms with E-state index in [0.717, 1.165) is 12.0 Å². The summed E-state index contributed by atoms with van der Waals surface area (Å²) in [7, 11) is 0. The second-order valence-corrected chi connectivity index (χ2v) is 4.86. The molecule has 0 saturated heterocycles. The molecule has 0 aromatic heterocycles. The molecule has 1 aromatic carbocycles. The largest absolute Gasteiger partial charge is 0.463 e. The normalized spacial score (nSPS) is 13.3. The molecule has 1 rings (SSSR count). The number of rotatable bonds is 7. The van der Waals surface area contributed by atoms with E-state index in [2.05, 4.69) is 0 Å². The van der Waals surface area contributed by atoms with E-state index in [1.165, 1.54) is 0 Å². The molecule has 0 bridgehead atoms. The maximum atomic E-state index is 12.2. The standard InChI is InChI=1S/C16H23NO4/c1-4-7-14(16(19)20-5-2)21-15(18)11(3)12-8-6-9-13(17)10-12/h6,8-11,14H,4-5,7,17H2,1-3H3. The van der Waals surface area contributed by atoms with Crippen molar-refractivity contribution in [2.45, 2.75) is 45.6 Å². The van der Waals surface area contributed by atoms with E-state index in [4.69, 9.17) is 15.2 Å². The van der Waals surface area contributed by atoms with Gasteiger partial charge in [0.05, 0.1) is 12.5 Å². The summed E-state index contributed by atoms with van der Waals surface area (Å²) in [6.45, 7) is 5.63. The first-order chi connectivity index (χ1) is 9.99. The van der Waals surface area contributed by atoms with Gasteiger partial charge in [0.25, 0.3) is 0 Å². The molecule has 2 N–H and O–H groups in total. The van der Waals surface area contributed by atoms with Crippen LogP contribution in [0.1, 0.15) is 45.1 Å². The van der Waals surface area contributed by atoms with Gasteiger partial charge in [-0.05, 0) is 38.0 Å². The van der Waals surface area contributed by atoms with Gasteiger partial charge in [0, 0.05) is 5.69 Å². The Hall–Kier alpha value is -2.04. The van der Waals surface area contributed by atoms with Crippen LogP contribution in [0.25, 0.3) is 0 Å². The van der Waals surface area contributed by atoms with Gasteiger partial charge in [-0.2, -0.15) is 0 Å². The number of hydrogen-bond acceptors (Lipinski definition) is 5. The summed E-state index contributed by atoms with van der Waals surface area (Å²) in [5.74, 6) is -1.43. The Kier molecular flexibility index (Phi) is 6.72. The van der Waals surface area contributed by atoms with E-state index >= 15 is 0 Å². The number of nitrogens with two attached hydrogens (primary N) is 1. The minimum atomic E-state index is -0.842. The van der Waals surface area contributed by atoms with Crippen molar-refractivity contribution in [3.63, 3.8) is 0 Å². The summed E-state index contributed by atoms with van der Waals surface area (Å²) in [6, 6.07) is 7.07. The van der Waals surface area contributed by atoms with Crippen molar-refractivity contribution >= 4 is 17.6 Å². The second kappa shape index (κ2) is 8.29. The second-order valence-electron chi connectivity index (χ2n) is 4.86. The summed E-state index contributed by atoms with van der Waals surface area (Å²) in [5.41, 5.74) is 7.06. The van der Waals surface area contributed by atoms with Crippen LogP contribution in [-0.2, 0) is 19.1 Å². The minimum Gasteiger partial charge on any atom is -0.463 e. The van der Waals surface area contributed by atoms with Gasteiger partial charge in [-0.3, -0.25) is 4.79 Å². The smallest absolute Gasteiger partial charge is 0.347 e. The summed E-state index contributed by atoms with van der Waals surface area (Å²) in [5, 5.41) is 0. The van der Waals surface area contributed by atoms with Gasteiger partial charge in [-0.15, -0.1) is 0 Å². The third-order valence-electron chi connectivity index (χ3n) is 3.12. The molecule has 0 fully saturated rings. The van der Waals surface area contributed by atoms with Crippen LogP contribution in [-0.4, -0.2) is 24.6 Å². The van der Waals surface area contributed by atoms with Gasteiger partial charge in [0.1, 0.15) is 0 Å². The molecular weight excluding hydrogens is 270 g/mol. The van der Waals surface area contributed by atoms with Gasteiger partial charge >= 0.3 is 11.9 Å². The Morgan fingerprint density at radius 2 is 1.95 bits per heavy atom. The van der Waals surface area contributed by atoms with Crippen LogP contribution in [0.4, 0.5) is 5.69 Å². The fourth-order valence-electron chi connectivity index (χ4n) is 1.93. The molecule has 21 heavy (non-hydrogen) atoms. The number of hydrogen-bond donors (Lipinski definition) is 1. The van der Waals surface area contributed by atoms with Crippen LogP contribution >= 0.6 is 0 Å². The van der Waals surface area contributed by atoms with Crippen molar-refractivity contribution < 1.29 is 19.1 Å². The summed E-state index contributed by atoms with van der Waals surface area (Å²) < 4.78 is 10.2. The zero-order valence-corrected chi connectivity index (χ0v) is 12.8. The number of nitrogen functional groups attached to an aromatic ring is 1. The SMILES string of the molecule is CCCC(OC(=O)C(C)c1cccc(N)c1)C(=O)OCC. The van der Waals surface area contributed by atoms with E-state index < -0.39 is 24.0 Å². The number of ether oxygens (including phenoxy) is 2. The molecular formula is C16H23NO4. The Morgan fingerprint density at radius 1 is 1.24 bits per heavy atom. The fraction of sp³-hybridized carbons (Fsp3) is 0.500. The van der Waals surface area contributed by atoms with Crippen LogP contribution in [0.2, 0.25) is 0 Å². The molecule has 0 aliphatic rings. The molecule has 0 amide bonds. The maximum absolute atomic E-state index is 12.2. The highest BCUT2D eigenvalue weighted by Gasteiger charge is 2.26. The number of carbonyl (C=O) groups excluding carboxylic acids is 2. The van der Waals surface area contributed by atoms with Crippen molar-refractivity contribution in [2.75, 3.05) is 12.3 Å². The van der Waals surface area contributed by atoms with Gasteiger partial charge in [0.2, 0.25) is 0 Å². The molecule has 1 aromatic rings. The lowest BCUT2D eigenvalue weighted by molar-refractivity contribution is -0.168. The average molecular weight is 293 g/mol. The molecule has 0 saturated carbocycles. The molecule has 0 aliphatic carbocycles. The zero-order chi connectivity index (χ0) is 15.8. The predicted octanol–water partition coefficient (Wildman–Crippen LogP) is 2.65. The van der Waals surface area contributed by atoms with Crippen LogP contribution in [0.3, 0.4) is 0 Å². The van der Waals surface area contributed by atoms with Crippen LogP contribution in [0.5, 0.6) is 0 Å². The first kappa shape index (κ1) is 17.0. The quantitative estimate of drug-likeness (QED) is 0.617. The van der Waals surface area contributed by atoms with Crippen molar-refractivity contribution in [1.82, 2.24) is 0 Å². The molecule has 5 heteroatoms. The topological polar surface area (TPSA) is 78.6 Å². The van der Waals surface area contributed by atoms with E-state index in [9.17, 15) is 9.59 Å². The third kappa shape index (κ3) is 5.10. The van der Waals surface area contributed by atoms with Gasteiger partial charge in [0.15, 0.2) is 6.10 Å². The molecule has 116 valence electrons. The molecule has 0 radical (unpaired) electrons. The summed E-state index contributed by atoms with van der Waals surface area (Å²) in [6.07, 6.45) is 0.337. The highest BCUT2D eigenvalue weighted by Crippen LogP contribution is 2.20. The number of anilines is 1. The molecule has 0 spiro atoms. The fourth-order valence-corrected chi connectivity index (χ4v) is 1.93. The highest BCUT2D eigenvalue weighted by molar-refractivity contribution is 5.83. The van der Waals surface area contributed by atoms with Crippen molar-refractivity contribution in [1.29, 1.82) is 0 Å². The predicted molar refractivity (Wildman–Crippen MR) is 80.7 cm³/mol. The summed E-state index contributed by atoms with van der Waals surface area (Å²) in [4.78, 5) is 23.9. The van der Waals surface area contributed by atoms with Crippen molar-refractivity contribution in [2.24, 2.45) is 0 Å². The first-order valence-corrected chi connectivity index (χ1v) is 7.22. The van der Waals surface area contributed by atoms with Gasteiger partial charge < -0.3 is 15.2 Å². The average Bonchev–Trinajstić information content (AvgIpc) is 2.46. The molecule has 0 aliphatic heterocycles. The van der Waals surface area contributed by atoms with E-state index in [1.54, 1.807) is 32.0 Å². The first-order valence-electron chi connectivity index (χ1n) is 7.22. The van der Waals surface area contributed by atoms with E-state index in [0.29, 0.717) is 12.1 Å². The van der Waals surface area contributed by atoms with Crippen LogP contribution < -0.4 is 5.73 Å². The lowest BCUT2D eigenvalue weighted by Gasteiger charge is -2.18. The lowest BCUT2D eigenvalue weighted by Crippen LogP contribution is -2.30. The number of benzene rings is 1. The third-order valence-corrected chi connectivity index (χ3v) is 3.12. The van der Waals surface area contributed by atoms with Gasteiger partial charge in [-0.1, -0.05) is 25.5 Å². The highest BCUT2D eigenvalue weighted by atomic mass is 16.6. The van der Waals surface area contributed by atoms with Crippen molar-refractivity contribution in [3.8, 4) is 0 Å². The molecule has 2 atom stereocenters. The summed E-state index contributed by atoms with van der Waals surface area (Å²) >= 11 is 0.